The molecule has 0 N–H and O–H groups in total. The second kappa shape index (κ2) is 22.3. The topological polar surface area (TPSA) is 46.7 Å². The Balaban J connectivity index is 0.000000368. The smallest absolute Gasteiger partial charge is 0.193 e. The summed E-state index contributed by atoms with van der Waals surface area (Å²) in [6, 6.07) is 81.7. The van der Waals surface area contributed by atoms with Crippen LogP contribution in [0.3, 0.4) is 0 Å². The van der Waals surface area contributed by atoms with Gasteiger partial charge in [-0.05, 0) is 132 Å². The number of carbonyl (C=O) groups excluding carboxylic acids is 1. The van der Waals surface area contributed by atoms with Crippen molar-refractivity contribution in [3.8, 4) is 39.1 Å². The molecule has 0 atom stereocenters. The molecule has 4 nitrogen and oxygen atoms in total. The van der Waals surface area contributed by atoms with E-state index in [1.807, 2.05) is 91.0 Å². The Morgan fingerprint density at radius 3 is 1.76 bits per heavy atom. The molecule has 0 bridgehead atoms. The molecular weight excluding hydrogens is 911 g/mol. The van der Waals surface area contributed by atoms with Crippen LogP contribution in [0.5, 0.6) is 0 Å². The molecule has 0 fully saturated rings. The molecule has 75 heavy (non-hydrogen) atoms. The molecule has 11 aromatic rings. The van der Waals surface area contributed by atoms with Gasteiger partial charge in [0.2, 0.25) is 0 Å². The SMILES string of the molecule is C=NC(=NC(=C)c1cccc(-c2cccc3c2Cc2c(cccc2-n2c4ccccc4c4cc(-c5ccc(C)c(-c6ccccc6C)c5)ccc42)C3=O)c1)c1ccccc1.CCc1ccccc1.Cc1ccccc1. The summed E-state index contributed by atoms with van der Waals surface area (Å²) in [6.07, 6.45) is 1.74. The third kappa shape index (κ3) is 10.4. The maximum absolute atomic E-state index is 14.5. The van der Waals surface area contributed by atoms with Crippen molar-refractivity contribution in [2.45, 2.75) is 40.5 Å². The molecule has 0 radical (unpaired) electrons. The number of carbonyl (C=O) groups is 1. The number of nitrogens with zero attached hydrogens (tertiary/aromatic N) is 3. The summed E-state index contributed by atoms with van der Waals surface area (Å²) in [5, 5.41) is 2.34. The molecule has 0 saturated heterocycles. The van der Waals surface area contributed by atoms with Gasteiger partial charge in [0.1, 0.15) is 0 Å². The van der Waals surface area contributed by atoms with E-state index in [2.05, 4.69) is 196 Å². The Bertz CT molecular complexity index is 3920. The van der Waals surface area contributed by atoms with E-state index in [0.29, 0.717) is 18.0 Å². The molecule has 12 rings (SSSR count). The monoisotopic (exact) mass is 969 g/mol. The number of aryl methyl sites for hydroxylation is 4. The van der Waals surface area contributed by atoms with E-state index in [-0.39, 0.29) is 5.78 Å². The van der Waals surface area contributed by atoms with E-state index in [9.17, 15) is 4.79 Å². The number of rotatable bonds is 8. The van der Waals surface area contributed by atoms with Gasteiger partial charge in [-0.15, -0.1) is 0 Å². The van der Waals surface area contributed by atoms with Crippen molar-refractivity contribution >= 4 is 45.8 Å². The van der Waals surface area contributed by atoms with Crippen molar-refractivity contribution in [1.29, 1.82) is 0 Å². The number of fused-ring (bicyclic) bond motifs is 5. The largest absolute Gasteiger partial charge is 0.309 e. The third-order valence-corrected chi connectivity index (χ3v) is 14.2. The molecule has 1 aromatic heterocycles. The van der Waals surface area contributed by atoms with Crippen LogP contribution < -0.4 is 0 Å². The Kier molecular flexibility index (Phi) is 14.6. The van der Waals surface area contributed by atoms with Gasteiger partial charge in [-0.2, -0.15) is 0 Å². The lowest BCUT2D eigenvalue weighted by atomic mass is 9.80. The summed E-state index contributed by atoms with van der Waals surface area (Å²) in [5.41, 5.74) is 21.2. The Labute approximate surface area is 441 Å². The highest BCUT2D eigenvalue weighted by atomic mass is 16.1. The number of aliphatic imine (C=N–C) groups is 2. The molecule has 0 amide bonds. The van der Waals surface area contributed by atoms with Crippen LogP contribution in [0.25, 0.3) is 66.6 Å². The van der Waals surface area contributed by atoms with Gasteiger partial charge in [0, 0.05) is 39.4 Å². The predicted molar refractivity (Wildman–Crippen MR) is 318 cm³/mol. The summed E-state index contributed by atoms with van der Waals surface area (Å²) in [7, 11) is 0. The number of amidine groups is 1. The van der Waals surface area contributed by atoms with Crippen LogP contribution in [-0.2, 0) is 12.8 Å². The van der Waals surface area contributed by atoms with E-state index in [1.165, 1.54) is 49.7 Å². The lowest BCUT2D eigenvalue weighted by Gasteiger charge is -2.25. The fraction of sp³-hybridized carbons (Fsp3) is 0.0845. The standard InChI is InChI=1S/C56H41N3O.C8H10.C7H8/c1-35-15-8-9-20-43(35)48-32-40(28-27-36(48)2)41-29-30-54-50(33-41)45-21-10-11-25-52(45)59(54)53-26-14-24-47-51(53)34-49-44(22-13-23-46(49)55(47)60)42-19-12-18-39(31-42)37(3)58-56(57-4)38-16-6-5-7-17-38;1-2-8-6-4-3-5-7-8;1-7-5-3-2-4-6-7/h5-33H,3-4,34H2,1-2H3;3-7H,2H2,1H3;2-6H,1H3. The van der Waals surface area contributed by atoms with Gasteiger partial charge in [-0.25, -0.2) is 9.98 Å². The fourth-order valence-corrected chi connectivity index (χ4v) is 10.2. The third-order valence-electron chi connectivity index (χ3n) is 14.2. The van der Waals surface area contributed by atoms with Gasteiger partial charge >= 0.3 is 0 Å². The van der Waals surface area contributed by atoms with Gasteiger partial charge in [0.15, 0.2) is 11.6 Å². The highest BCUT2D eigenvalue weighted by Crippen LogP contribution is 2.41. The molecule has 0 spiro atoms. The van der Waals surface area contributed by atoms with E-state index in [1.54, 1.807) is 0 Å². The first kappa shape index (κ1) is 49.3. The second-order valence-corrected chi connectivity index (χ2v) is 19.1. The van der Waals surface area contributed by atoms with Crippen LogP contribution in [0.15, 0.2) is 253 Å². The lowest BCUT2D eigenvalue weighted by molar-refractivity contribution is 0.103. The summed E-state index contributed by atoms with van der Waals surface area (Å²) in [6.45, 7) is 16.7. The average molecular weight is 970 g/mol. The molecule has 0 unspecified atom stereocenters. The van der Waals surface area contributed by atoms with Crippen LogP contribution >= 0.6 is 0 Å². The van der Waals surface area contributed by atoms with Crippen molar-refractivity contribution in [3.63, 3.8) is 0 Å². The van der Waals surface area contributed by atoms with Crippen molar-refractivity contribution < 1.29 is 4.79 Å². The van der Waals surface area contributed by atoms with Gasteiger partial charge < -0.3 is 4.57 Å². The molecule has 0 aliphatic heterocycles. The predicted octanol–water partition coefficient (Wildman–Crippen LogP) is 17.9. The zero-order chi connectivity index (χ0) is 51.8. The minimum absolute atomic E-state index is 0.0385. The molecule has 1 aliphatic rings. The van der Waals surface area contributed by atoms with Crippen LogP contribution in [0.4, 0.5) is 0 Å². The second-order valence-electron chi connectivity index (χ2n) is 19.1. The zero-order valence-electron chi connectivity index (χ0n) is 43.1. The van der Waals surface area contributed by atoms with Crippen molar-refractivity contribution in [3.05, 3.63) is 299 Å². The highest BCUT2D eigenvalue weighted by molar-refractivity contribution is 6.15. The summed E-state index contributed by atoms with van der Waals surface area (Å²) >= 11 is 0. The molecule has 4 heteroatoms. The molecule has 10 aromatic carbocycles. The molecular formula is C71H59N3O. The van der Waals surface area contributed by atoms with Crippen molar-refractivity contribution in [1.82, 2.24) is 4.57 Å². The van der Waals surface area contributed by atoms with Gasteiger partial charge in [0.25, 0.3) is 0 Å². The Morgan fingerprint density at radius 2 is 1.05 bits per heavy atom. The summed E-state index contributed by atoms with van der Waals surface area (Å²) < 4.78 is 2.35. The van der Waals surface area contributed by atoms with Crippen LogP contribution in [0, 0.1) is 20.8 Å². The Morgan fingerprint density at radius 1 is 0.480 bits per heavy atom. The number of ketones is 1. The van der Waals surface area contributed by atoms with Gasteiger partial charge in [-0.3, -0.25) is 4.79 Å². The first-order valence-electron chi connectivity index (χ1n) is 25.7. The van der Waals surface area contributed by atoms with Gasteiger partial charge in [0.05, 0.1) is 22.4 Å². The highest BCUT2D eigenvalue weighted by Gasteiger charge is 2.29. The van der Waals surface area contributed by atoms with E-state index >= 15 is 0 Å². The number of hydrogen-bond donors (Lipinski definition) is 0. The first-order chi connectivity index (χ1) is 36.7. The zero-order valence-corrected chi connectivity index (χ0v) is 43.1. The average Bonchev–Trinajstić information content (AvgIpc) is 3.80. The molecule has 1 aliphatic carbocycles. The number of hydrogen-bond acceptors (Lipinski definition) is 2. The normalized spacial score (nSPS) is 11.7. The number of para-hydroxylation sites is 1. The van der Waals surface area contributed by atoms with Crippen LogP contribution in [-0.4, -0.2) is 22.9 Å². The minimum atomic E-state index is 0.0385. The van der Waals surface area contributed by atoms with E-state index in [0.717, 1.165) is 73.2 Å². The van der Waals surface area contributed by atoms with Crippen molar-refractivity contribution in [2.24, 2.45) is 9.98 Å². The number of aromatic nitrogens is 1. The molecule has 1 heterocycles. The van der Waals surface area contributed by atoms with Gasteiger partial charge in [-0.1, -0.05) is 219 Å². The maximum atomic E-state index is 14.5. The molecule has 0 saturated carbocycles. The van der Waals surface area contributed by atoms with E-state index < -0.39 is 0 Å². The first-order valence-corrected chi connectivity index (χ1v) is 25.7. The van der Waals surface area contributed by atoms with Crippen LogP contribution in [0.1, 0.15) is 67.4 Å². The van der Waals surface area contributed by atoms with E-state index in [4.69, 9.17) is 4.99 Å². The fourth-order valence-electron chi connectivity index (χ4n) is 10.2. The minimum Gasteiger partial charge on any atom is -0.309 e. The maximum Gasteiger partial charge on any atom is 0.193 e. The summed E-state index contributed by atoms with van der Waals surface area (Å²) in [5.74, 6) is 0.554. The van der Waals surface area contributed by atoms with Crippen LogP contribution in [0.2, 0.25) is 0 Å². The molecule has 364 valence electrons. The quantitative estimate of drug-likeness (QED) is 0.111. The van der Waals surface area contributed by atoms with Crippen molar-refractivity contribution in [2.75, 3.05) is 0 Å². The Hall–Kier alpha value is -9.25. The number of benzene rings is 10. The lowest BCUT2D eigenvalue weighted by Crippen LogP contribution is -2.18. The summed E-state index contributed by atoms with van der Waals surface area (Å²) in [4.78, 5) is 23.5.